The van der Waals surface area contributed by atoms with Crippen molar-refractivity contribution in [2.24, 2.45) is 5.92 Å². The lowest BCUT2D eigenvalue weighted by molar-refractivity contribution is 0.102. The molecule has 0 atom stereocenters. The quantitative estimate of drug-likeness (QED) is 0.560. The smallest absolute Gasteiger partial charge is 0.257 e. The highest BCUT2D eigenvalue weighted by molar-refractivity contribution is 7.89. The Morgan fingerprint density at radius 3 is 2.58 bits per heavy atom. The molecule has 3 aromatic rings. The second kappa shape index (κ2) is 9.48. The van der Waals surface area contributed by atoms with Gasteiger partial charge in [-0.05, 0) is 48.9 Å². The summed E-state index contributed by atoms with van der Waals surface area (Å²) in [4.78, 5) is 16.5. The van der Waals surface area contributed by atoms with Crippen LogP contribution in [0.3, 0.4) is 0 Å². The second-order valence-electron chi connectivity index (χ2n) is 7.47. The van der Waals surface area contributed by atoms with E-state index in [0.717, 1.165) is 19.3 Å². The molecule has 0 aliphatic carbocycles. The molecule has 0 saturated carbocycles. The number of carbonyl (C=O) groups is 1. The number of nitrogens with zero attached hydrogens (tertiary/aromatic N) is 2. The van der Waals surface area contributed by atoms with Crippen molar-refractivity contribution in [1.29, 1.82) is 0 Å². The average Bonchev–Trinajstić information content (AvgIpc) is 3.28. The predicted molar refractivity (Wildman–Crippen MR) is 123 cm³/mol. The summed E-state index contributed by atoms with van der Waals surface area (Å²) in [5.41, 5.74) is 1.49. The van der Waals surface area contributed by atoms with E-state index in [-0.39, 0.29) is 15.5 Å². The zero-order valence-corrected chi connectivity index (χ0v) is 19.1. The Bertz CT molecular complexity index is 1140. The molecule has 1 N–H and O–H groups in total. The first kappa shape index (κ1) is 22.0. The molecule has 4 rings (SSSR count). The number of hydrogen-bond acceptors (Lipinski definition) is 5. The van der Waals surface area contributed by atoms with E-state index in [2.05, 4.69) is 22.4 Å². The maximum absolute atomic E-state index is 13.3. The standard InChI is InChI=1S/C22H22ClN3O3S2/c23-19-7-6-18(21(27)25-22-24-10-13-30-22)15-20(19)31(28,29)26-11-8-17(9-12-26)14-16-4-2-1-3-5-16/h1-7,10,13,15,17H,8-9,11-12,14H2,(H,24,25,27). The Kier molecular flexibility index (Phi) is 6.71. The SMILES string of the molecule is O=C(Nc1nccs1)c1ccc(Cl)c(S(=O)(=O)N2CCC(Cc3ccccc3)CC2)c1. The van der Waals surface area contributed by atoms with Gasteiger partial charge in [0.25, 0.3) is 5.91 Å². The molecular weight excluding hydrogens is 454 g/mol. The zero-order chi connectivity index (χ0) is 21.8. The number of amides is 1. The summed E-state index contributed by atoms with van der Waals surface area (Å²) < 4.78 is 28.0. The van der Waals surface area contributed by atoms with Crippen LogP contribution in [0.2, 0.25) is 5.02 Å². The number of piperidine rings is 1. The van der Waals surface area contributed by atoms with Gasteiger partial charge >= 0.3 is 0 Å². The van der Waals surface area contributed by atoms with E-state index in [1.165, 1.54) is 39.4 Å². The zero-order valence-electron chi connectivity index (χ0n) is 16.7. The molecule has 31 heavy (non-hydrogen) atoms. The van der Waals surface area contributed by atoms with E-state index in [1.54, 1.807) is 11.6 Å². The van der Waals surface area contributed by atoms with Gasteiger partial charge in [0.2, 0.25) is 10.0 Å². The predicted octanol–water partition coefficient (Wildman–Crippen LogP) is 4.69. The van der Waals surface area contributed by atoms with Crippen molar-refractivity contribution in [3.8, 4) is 0 Å². The number of sulfonamides is 1. The van der Waals surface area contributed by atoms with Crippen LogP contribution in [0.25, 0.3) is 0 Å². The Morgan fingerprint density at radius 1 is 1.16 bits per heavy atom. The molecule has 1 amide bonds. The van der Waals surface area contributed by atoms with Crippen molar-refractivity contribution in [2.75, 3.05) is 18.4 Å². The minimum atomic E-state index is -3.80. The van der Waals surface area contributed by atoms with Gasteiger partial charge in [0.05, 0.1) is 5.02 Å². The van der Waals surface area contributed by atoms with Crippen LogP contribution in [0.5, 0.6) is 0 Å². The summed E-state index contributed by atoms with van der Waals surface area (Å²) >= 11 is 7.52. The van der Waals surface area contributed by atoms with Gasteiger partial charge in [-0.3, -0.25) is 10.1 Å². The fraction of sp³-hybridized carbons (Fsp3) is 0.273. The second-order valence-corrected chi connectivity index (χ2v) is 10.7. The highest BCUT2D eigenvalue weighted by atomic mass is 35.5. The van der Waals surface area contributed by atoms with E-state index in [9.17, 15) is 13.2 Å². The Hall–Kier alpha value is -2.26. The fourth-order valence-electron chi connectivity index (χ4n) is 3.74. The molecule has 1 fully saturated rings. The van der Waals surface area contributed by atoms with Crippen LogP contribution in [0.15, 0.2) is 65.0 Å². The molecule has 2 heterocycles. The summed E-state index contributed by atoms with van der Waals surface area (Å²) in [5.74, 6) is 0.0179. The summed E-state index contributed by atoms with van der Waals surface area (Å²) in [5, 5.41) is 4.96. The van der Waals surface area contributed by atoms with Gasteiger partial charge in [0.1, 0.15) is 4.90 Å². The van der Waals surface area contributed by atoms with Crippen LogP contribution in [-0.2, 0) is 16.4 Å². The molecule has 0 bridgehead atoms. The third-order valence-corrected chi connectivity index (χ3v) is 8.47. The van der Waals surface area contributed by atoms with Crippen LogP contribution in [0, 0.1) is 5.92 Å². The Balaban J connectivity index is 1.46. The first-order valence-electron chi connectivity index (χ1n) is 9.98. The van der Waals surface area contributed by atoms with Crippen molar-refractivity contribution in [3.05, 3.63) is 76.3 Å². The van der Waals surface area contributed by atoms with Crippen LogP contribution in [0.4, 0.5) is 5.13 Å². The molecule has 1 saturated heterocycles. The average molecular weight is 476 g/mol. The highest BCUT2D eigenvalue weighted by Crippen LogP contribution is 2.30. The first-order valence-corrected chi connectivity index (χ1v) is 12.7. The van der Waals surface area contributed by atoms with Gasteiger partial charge in [0.15, 0.2) is 5.13 Å². The minimum Gasteiger partial charge on any atom is -0.298 e. The van der Waals surface area contributed by atoms with Crippen LogP contribution < -0.4 is 5.32 Å². The summed E-state index contributed by atoms with van der Waals surface area (Å²) in [7, 11) is -3.80. The normalized spacial score (nSPS) is 15.6. The Morgan fingerprint density at radius 2 is 1.90 bits per heavy atom. The van der Waals surface area contributed by atoms with Crippen LogP contribution in [0.1, 0.15) is 28.8 Å². The lowest BCUT2D eigenvalue weighted by Crippen LogP contribution is -2.39. The van der Waals surface area contributed by atoms with E-state index >= 15 is 0 Å². The molecule has 9 heteroatoms. The highest BCUT2D eigenvalue weighted by Gasteiger charge is 2.31. The maximum atomic E-state index is 13.3. The molecule has 1 aliphatic heterocycles. The van der Waals surface area contributed by atoms with Crippen LogP contribution >= 0.6 is 22.9 Å². The monoisotopic (exact) mass is 475 g/mol. The number of thiazole rings is 1. The number of anilines is 1. The maximum Gasteiger partial charge on any atom is 0.257 e. The summed E-state index contributed by atoms with van der Waals surface area (Å²) in [6, 6.07) is 14.5. The van der Waals surface area contributed by atoms with Gasteiger partial charge in [-0.15, -0.1) is 11.3 Å². The topological polar surface area (TPSA) is 79.4 Å². The third kappa shape index (κ3) is 5.15. The molecule has 6 nitrogen and oxygen atoms in total. The number of benzene rings is 2. The largest absolute Gasteiger partial charge is 0.298 e. The van der Waals surface area contributed by atoms with E-state index in [1.807, 2.05) is 18.2 Å². The van der Waals surface area contributed by atoms with Gasteiger partial charge in [-0.25, -0.2) is 13.4 Å². The van der Waals surface area contributed by atoms with Crippen molar-refractivity contribution < 1.29 is 13.2 Å². The van der Waals surface area contributed by atoms with Crippen molar-refractivity contribution in [3.63, 3.8) is 0 Å². The number of hydrogen-bond donors (Lipinski definition) is 1. The lowest BCUT2D eigenvalue weighted by Gasteiger charge is -2.31. The van der Waals surface area contributed by atoms with E-state index in [4.69, 9.17) is 11.6 Å². The first-order chi connectivity index (χ1) is 14.9. The molecule has 1 aliphatic rings. The number of rotatable bonds is 6. The van der Waals surface area contributed by atoms with Crippen molar-refractivity contribution in [1.82, 2.24) is 9.29 Å². The lowest BCUT2D eigenvalue weighted by atomic mass is 9.91. The minimum absolute atomic E-state index is 0.0394. The van der Waals surface area contributed by atoms with Crippen LogP contribution in [-0.4, -0.2) is 36.7 Å². The van der Waals surface area contributed by atoms with Gasteiger partial charge in [0, 0.05) is 30.2 Å². The van der Waals surface area contributed by atoms with Crippen molar-refractivity contribution in [2.45, 2.75) is 24.2 Å². The van der Waals surface area contributed by atoms with E-state index in [0.29, 0.717) is 24.1 Å². The van der Waals surface area contributed by atoms with Gasteiger partial charge in [-0.2, -0.15) is 4.31 Å². The summed E-state index contributed by atoms with van der Waals surface area (Å²) in [6.45, 7) is 0.872. The van der Waals surface area contributed by atoms with Crippen molar-refractivity contribution >= 4 is 44.0 Å². The van der Waals surface area contributed by atoms with Gasteiger partial charge < -0.3 is 0 Å². The Labute approximate surface area is 190 Å². The summed E-state index contributed by atoms with van der Waals surface area (Å²) in [6.07, 6.45) is 4.10. The molecule has 0 unspecified atom stereocenters. The molecule has 0 radical (unpaired) electrons. The number of nitrogens with one attached hydrogen (secondary N) is 1. The molecular formula is C22H22ClN3O3S2. The fourth-order valence-corrected chi connectivity index (χ4v) is 6.23. The number of carbonyl (C=O) groups excluding carboxylic acids is 1. The molecule has 2 aromatic carbocycles. The number of aromatic nitrogens is 1. The molecule has 162 valence electrons. The van der Waals surface area contributed by atoms with Gasteiger partial charge in [-0.1, -0.05) is 41.9 Å². The number of halogens is 1. The molecule has 0 spiro atoms. The molecule has 1 aromatic heterocycles. The third-order valence-electron chi connectivity index (χ3n) is 5.40. The van der Waals surface area contributed by atoms with E-state index < -0.39 is 15.9 Å².